The third-order valence-corrected chi connectivity index (χ3v) is 4.23. The van der Waals surface area contributed by atoms with Gasteiger partial charge in [0.1, 0.15) is 16.9 Å². The van der Waals surface area contributed by atoms with Gasteiger partial charge in [-0.2, -0.15) is 0 Å². The number of nitrogens with one attached hydrogen (secondary N) is 1. The second-order valence-electron chi connectivity index (χ2n) is 7.85. The number of benzene rings is 2. The molecule has 0 aliphatic heterocycles. The maximum atomic E-state index is 12.1. The van der Waals surface area contributed by atoms with E-state index >= 15 is 0 Å². The van der Waals surface area contributed by atoms with Gasteiger partial charge in [-0.3, -0.25) is 0 Å². The van der Waals surface area contributed by atoms with E-state index < -0.39 is 17.7 Å². The Labute approximate surface area is 169 Å². The van der Waals surface area contributed by atoms with Crippen LogP contribution in [0.25, 0.3) is 22.1 Å². The minimum absolute atomic E-state index is 0.319. The number of furan rings is 1. The van der Waals surface area contributed by atoms with Gasteiger partial charge >= 0.3 is 12.1 Å². The van der Waals surface area contributed by atoms with Crippen LogP contribution in [0, 0.1) is 6.92 Å². The lowest BCUT2D eigenvalue weighted by Crippen LogP contribution is -2.32. The van der Waals surface area contributed by atoms with Crippen molar-refractivity contribution in [3.05, 3.63) is 59.4 Å². The highest BCUT2D eigenvalue weighted by molar-refractivity contribution is 6.01. The number of carbonyl (C=O) groups excluding carboxylic acids is 2. The Balaban J connectivity index is 1.93. The third kappa shape index (κ3) is 4.96. The molecule has 1 aromatic heterocycles. The van der Waals surface area contributed by atoms with Crippen molar-refractivity contribution in [1.82, 2.24) is 5.32 Å². The van der Waals surface area contributed by atoms with Gasteiger partial charge in [0.15, 0.2) is 0 Å². The lowest BCUT2D eigenvalue weighted by molar-refractivity contribution is 0.0522. The molecule has 1 amide bonds. The molecule has 0 radical (unpaired) electrons. The Hall–Kier alpha value is -3.28. The van der Waals surface area contributed by atoms with Crippen LogP contribution in [0.3, 0.4) is 0 Å². The summed E-state index contributed by atoms with van der Waals surface area (Å²) in [6.45, 7) is 7.64. The van der Waals surface area contributed by atoms with Gasteiger partial charge in [-0.15, -0.1) is 0 Å². The van der Waals surface area contributed by atoms with Crippen LogP contribution in [0.5, 0.6) is 0 Å². The molecule has 29 heavy (non-hydrogen) atoms. The molecule has 152 valence electrons. The molecule has 1 heterocycles. The van der Waals surface area contributed by atoms with Crippen LogP contribution >= 0.6 is 0 Å². The number of ether oxygens (including phenoxy) is 2. The molecule has 2 aromatic carbocycles. The zero-order chi connectivity index (χ0) is 21.2. The second kappa shape index (κ2) is 7.99. The van der Waals surface area contributed by atoms with Gasteiger partial charge in [0, 0.05) is 17.5 Å². The first-order valence-electron chi connectivity index (χ1n) is 9.35. The third-order valence-electron chi connectivity index (χ3n) is 4.23. The van der Waals surface area contributed by atoms with E-state index in [1.54, 1.807) is 12.1 Å². The topological polar surface area (TPSA) is 77.8 Å². The summed E-state index contributed by atoms with van der Waals surface area (Å²) in [7, 11) is 1.36. The van der Waals surface area contributed by atoms with Gasteiger partial charge in [-0.05, 0) is 63.1 Å². The van der Waals surface area contributed by atoms with Gasteiger partial charge in [0.05, 0.1) is 12.7 Å². The van der Waals surface area contributed by atoms with E-state index in [2.05, 4.69) is 5.32 Å². The van der Waals surface area contributed by atoms with E-state index in [0.29, 0.717) is 17.7 Å². The molecule has 1 N–H and O–H groups in total. The van der Waals surface area contributed by atoms with Crippen LogP contribution in [0.2, 0.25) is 0 Å². The Morgan fingerprint density at radius 3 is 2.55 bits per heavy atom. The summed E-state index contributed by atoms with van der Waals surface area (Å²) in [5.41, 5.74) is 3.16. The van der Waals surface area contributed by atoms with Crippen molar-refractivity contribution in [2.24, 2.45) is 0 Å². The van der Waals surface area contributed by atoms with Gasteiger partial charge in [-0.25, -0.2) is 9.59 Å². The van der Waals surface area contributed by atoms with E-state index in [1.165, 1.54) is 7.11 Å². The number of hydrogen-bond acceptors (Lipinski definition) is 5. The number of fused-ring (bicyclic) bond motifs is 1. The average Bonchev–Trinajstić information content (AvgIpc) is 3.03. The highest BCUT2D eigenvalue weighted by Gasteiger charge is 2.17. The van der Waals surface area contributed by atoms with Crippen molar-refractivity contribution in [1.29, 1.82) is 0 Å². The Morgan fingerprint density at radius 1 is 1.10 bits per heavy atom. The molecular formula is C23H25NO5. The van der Waals surface area contributed by atoms with E-state index in [1.807, 2.05) is 58.0 Å². The number of aryl methyl sites for hydroxylation is 1. The van der Waals surface area contributed by atoms with Crippen LogP contribution in [0.15, 0.2) is 46.9 Å². The molecule has 6 nitrogen and oxygen atoms in total. The van der Waals surface area contributed by atoms with Crippen molar-refractivity contribution in [3.63, 3.8) is 0 Å². The fourth-order valence-electron chi connectivity index (χ4n) is 3.07. The summed E-state index contributed by atoms with van der Waals surface area (Å²) >= 11 is 0. The Kier molecular flexibility index (Phi) is 5.64. The highest BCUT2D eigenvalue weighted by atomic mass is 16.6. The van der Waals surface area contributed by atoms with Gasteiger partial charge in [0.25, 0.3) is 0 Å². The van der Waals surface area contributed by atoms with Crippen LogP contribution in [-0.4, -0.2) is 24.8 Å². The van der Waals surface area contributed by atoms with Crippen LogP contribution < -0.4 is 5.32 Å². The fourth-order valence-corrected chi connectivity index (χ4v) is 3.07. The van der Waals surface area contributed by atoms with E-state index in [9.17, 15) is 9.59 Å². The summed E-state index contributed by atoms with van der Waals surface area (Å²) in [5.74, 6) is 0.348. The maximum absolute atomic E-state index is 12.1. The summed E-state index contributed by atoms with van der Waals surface area (Å²) in [6.07, 6.45) is -0.473. The molecule has 0 saturated heterocycles. The first kappa shape index (κ1) is 20.5. The second-order valence-corrected chi connectivity index (χ2v) is 7.85. The molecule has 0 fully saturated rings. The molecular weight excluding hydrogens is 370 g/mol. The molecule has 0 spiro atoms. The monoisotopic (exact) mass is 395 g/mol. The quantitative estimate of drug-likeness (QED) is 0.613. The molecule has 0 saturated carbocycles. The molecule has 0 bridgehead atoms. The molecule has 0 unspecified atom stereocenters. The van der Waals surface area contributed by atoms with Crippen molar-refractivity contribution < 1.29 is 23.5 Å². The zero-order valence-electron chi connectivity index (χ0n) is 17.3. The molecule has 0 atom stereocenters. The van der Waals surface area contributed by atoms with Crippen molar-refractivity contribution in [2.75, 3.05) is 7.11 Å². The summed E-state index contributed by atoms with van der Waals surface area (Å²) in [6, 6.07) is 13.1. The lowest BCUT2D eigenvalue weighted by atomic mass is 9.98. The number of rotatable bonds is 4. The molecule has 6 heteroatoms. The average molecular weight is 395 g/mol. The highest BCUT2D eigenvalue weighted by Crippen LogP contribution is 2.33. The summed E-state index contributed by atoms with van der Waals surface area (Å²) < 4.78 is 16.0. The molecule has 0 aliphatic carbocycles. The minimum Gasteiger partial charge on any atom is -0.465 e. The van der Waals surface area contributed by atoms with E-state index in [4.69, 9.17) is 13.9 Å². The standard InChI is InChI=1S/C23H25NO5/c1-14-9-17-11-18(21(25)27-5)12-19(20(17)28-14)16-8-6-7-15(10-16)13-24-22(26)29-23(2,3)4/h6-12H,13H2,1-5H3,(H,24,26). The zero-order valence-corrected chi connectivity index (χ0v) is 17.3. The van der Waals surface area contributed by atoms with Gasteiger partial charge in [-0.1, -0.05) is 18.2 Å². The van der Waals surface area contributed by atoms with Crippen molar-refractivity contribution in [3.8, 4) is 11.1 Å². The fraction of sp³-hybridized carbons (Fsp3) is 0.304. The molecule has 0 aliphatic rings. The number of hydrogen-bond donors (Lipinski definition) is 1. The Morgan fingerprint density at radius 2 is 1.86 bits per heavy atom. The summed E-state index contributed by atoms with van der Waals surface area (Å²) in [4.78, 5) is 24.0. The SMILES string of the molecule is COC(=O)c1cc(-c2cccc(CNC(=O)OC(C)(C)C)c2)c2oc(C)cc2c1. The first-order valence-corrected chi connectivity index (χ1v) is 9.35. The van der Waals surface area contributed by atoms with Crippen LogP contribution in [0.1, 0.15) is 42.5 Å². The number of esters is 1. The number of carbonyl (C=O) groups is 2. The number of alkyl carbamates (subject to hydrolysis) is 1. The summed E-state index contributed by atoms with van der Waals surface area (Å²) in [5, 5.41) is 3.59. The molecule has 3 rings (SSSR count). The van der Waals surface area contributed by atoms with Gasteiger partial charge < -0.3 is 19.2 Å². The Bertz CT molecular complexity index is 1060. The number of methoxy groups -OCH3 is 1. The number of amides is 1. The normalized spacial score (nSPS) is 11.3. The van der Waals surface area contributed by atoms with E-state index in [-0.39, 0.29) is 0 Å². The van der Waals surface area contributed by atoms with Crippen LogP contribution in [-0.2, 0) is 16.0 Å². The smallest absolute Gasteiger partial charge is 0.407 e. The predicted octanol–water partition coefficient (Wildman–Crippen LogP) is 5.22. The minimum atomic E-state index is -0.553. The predicted molar refractivity (Wildman–Crippen MR) is 111 cm³/mol. The maximum Gasteiger partial charge on any atom is 0.407 e. The lowest BCUT2D eigenvalue weighted by Gasteiger charge is -2.19. The van der Waals surface area contributed by atoms with Crippen molar-refractivity contribution in [2.45, 2.75) is 39.8 Å². The first-order chi connectivity index (χ1) is 13.7. The van der Waals surface area contributed by atoms with Crippen molar-refractivity contribution >= 4 is 23.0 Å². The van der Waals surface area contributed by atoms with Crippen LogP contribution in [0.4, 0.5) is 4.79 Å². The van der Waals surface area contributed by atoms with Gasteiger partial charge in [0.2, 0.25) is 0 Å². The largest absolute Gasteiger partial charge is 0.465 e. The van der Waals surface area contributed by atoms with E-state index in [0.717, 1.165) is 27.8 Å². The molecule has 3 aromatic rings.